The molecule has 26 heavy (non-hydrogen) atoms. The summed E-state index contributed by atoms with van der Waals surface area (Å²) in [5, 5.41) is 8.16. The van der Waals surface area contributed by atoms with E-state index in [0.29, 0.717) is 24.1 Å². The maximum absolute atomic E-state index is 12.6. The molecule has 0 bridgehead atoms. The van der Waals surface area contributed by atoms with Crippen LogP contribution in [0.2, 0.25) is 0 Å². The van der Waals surface area contributed by atoms with Gasteiger partial charge in [-0.2, -0.15) is 0 Å². The van der Waals surface area contributed by atoms with Crippen molar-refractivity contribution in [1.29, 1.82) is 0 Å². The smallest absolute Gasteiger partial charge is 0.271 e. The second-order valence-electron chi connectivity index (χ2n) is 6.19. The van der Waals surface area contributed by atoms with Crippen LogP contribution in [0.4, 0.5) is 5.95 Å². The number of hydrogen-bond donors (Lipinski definition) is 2. The summed E-state index contributed by atoms with van der Waals surface area (Å²) < 4.78 is 5.88. The van der Waals surface area contributed by atoms with Crippen molar-refractivity contribution in [2.45, 2.75) is 31.8 Å². The SMILES string of the molecule is COc1ccc(CNc2nc(C(=O)NC3CCC3)c3sccc3n2)cn1. The average Bonchev–Trinajstić information content (AvgIpc) is 3.11. The van der Waals surface area contributed by atoms with Crippen molar-refractivity contribution in [2.24, 2.45) is 0 Å². The lowest BCUT2D eigenvalue weighted by molar-refractivity contribution is 0.0914. The highest BCUT2D eigenvalue weighted by atomic mass is 32.1. The van der Waals surface area contributed by atoms with E-state index in [4.69, 9.17) is 4.74 Å². The molecule has 7 nitrogen and oxygen atoms in total. The topological polar surface area (TPSA) is 89.0 Å². The molecular formula is C18H19N5O2S. The number of thiophene rings is 1. The van der Waals surface area contributed by atoms with Gasteiger partial charge in [-0.25, -0.2) is 15.0 Å². The minimum absolute atomic E-state index is 0.126. The Hall–Kier alpha value is -2.74. The van der Waals surface area contributed by atoms with Gasteiger partial charge in [-0.05, 0) is 36.3 Å². The molecule has 0 atom stereocenters. The van der Waals surface area contributed by atoms with E-state index in [1.54, 1.807) is 19.4 Å². The number of aromatic nitrogens is 3. The number of rotatable bonds is 6. The van der Waals surface area contributed by atoms with Crippen molar-refractivity contribution >= 4 is 33.4 Å². The van der Waals surface area contributed by atoms with Gasteiger partial charge < -0.3 is 15.4 Å². The standard InChI is InChI=1S/C18H19N5O2S/c1-25-14-6-5-11(9-19-14)10-20-18-22-13-7-8-26-16(13)15(23-18)17(24)21-12-3-2-4-12/h5-9,12H,2-4,10H2,1H3,(H,21,24)(H,20,22,23). The van der Waals surface area contributed by atoms with Gasteiger partial charge in [-0.3, -0.25) is 4.79 Å². The Kier molecular flexibility index (Phi) is 4.66. The predicted molar refractivity (Wildman–Crippen MR) is 101 cm³/mol. The van der Waals surface area contributed by atoms with Gasteiger partial charge in [0.2, 0.25) is 11.8 Å². The largest absolute Gasteiger partial charge is 0.481 e. The quantitative estimate of drug-likeness (QED) is 0.694. The summed E-state index contributed by atoms with van der Waals surface area (Å²) in [4.78, 5) is 25.8. The Morgan fingerprint density at radius 3 is 2.88 bits per heavy atom. The monoisotopic (exact) mass is 369 g/mol. The molecule has 3 heterocycles. The molecule has 2 N–H and O–H groups in total. The first-order valence-corrected chi connectivity index (χ1v) is 9.40. The van der Waals surface area contributed by atoms with E-state index >= 15 is 0 Å². The van der Waals surface area contributed by atoms with Gasteiger partial charge in [-0.1, -0.05) is 6.07 Å². The first kappa shape index (κ1) is 16.7. The fourth-order valence-electron chi connectivity index (χ4n) is 2.72. The van der Waals surface area contributed by atoms with Crippen LogP contribution in [0, 0.1) is 0 Å². The van der Waals surface area contributed by atoms with E-state index in [1.807, 2.05) is 17.5 Å². The van der Waals surface area contributed by atoms with Gasteiger partial charge >= 0.3 is 0 Å². The zero-order chi connectivity index (χ0) is 17.9. The fraction of sp³-hybridized carbons (Fsp3) is 0.333. The summed E-state index contributed by atoms with van der Waals surface area (Å²) >= 11 is 1.48. The van der Waals surface area contributed by atoms with Crippen LogP contribution in [-0.4, -0.2) is 34.0 Å². The van der Waals surface area contributed by atoms with Gasteiger partial charge in [0.25, 0.3) is 5.91 Å². The molecule has 1 amide bonds. The summed E-state index contributed by atoms with van der Waals surface area (Å²) in [7, 11) is 1.58. The van der Waals surface area contributed by atoms with Crippen molar-refractivity contribution in [3.63, 3.8) is 0 Å². The molecule has 3 aromatic heterocycles. The van der Waals surface area contributed by atoms with E-state index in [1.165, 1.54) is 17.8 Å². The third-order valence-electron chi connectivity index (χ3n) is 4.42. The first-order valence-electron chi connectivity index (χ1n) is 8.52. The van der Waals surface area contributed by atoms with Crippen LogP contribution in [0.5, 0.6) is 5.88 Å². The number of amides is 1. The molecule has 0 radical (unpaired) electrons. The molecule has 1 aliphatic carbocycles. The van der Waals surface area contributed by atoms with Crippen LogP contribution in [0.3, 0.4) is 0 Å². The number of pyridine rings is 1. The highest BCUT2D eigenvalue weighted by molar-refractivity contribution is 7.17. The molecule has 0 aromatic carbocycles. The molecule has 134 valence electrons. The van der Waals surface area contributed by atoms with Crippen molar-refractivity contribution in [3.05, 3.63) is 41.0 Å². The number of hydrogen-bond acceptors (Lipinski definition) is 7. The number of methoxy groups -OCH3 is 1. The molecule has 1 saturated carbocycles. The van der Waals surface area contributed by atoms with E-state index in [9.17, 15) is 4.79 Å². The number of fused-ring (bicyclic) bond motifs is 1. The minimum Gasteiger partial charge on any atom is -0.481 e. The molecule has 0 unspecified atom stereocenters. The summed E-state index contributed by atoms with van der Waals surface area (Å²) in [6, 6.07) is 5.90. The van der Waals surface area contributed by atoms with Gasteiger partial charge in [-0.15, -0.1) is 11.3 Å². The number of ether oxygens (including phenoxy) is 1. The first-order chi connectivity index (χ1) is 12.7. The number of nitrogens with one attached hydrogen (secondary N) is 2. The normalized spacial score (nSPS) is 14.0. The van der Waals surface area contributed by atoms with Gasteiger partial charge in [0, 0.05) is 24.8 Å². The lowest BCUT2D eigenvalue weighted by atomic mass is 9.93. The lowest BCUT2D eigenvalue weighted by Gasteiger charge is -2.26. The molecule has 1 aliphatic rings. The molecule has 0 aliphatic heterocycles. The zero-order valence-electron chi connectivity index (χ0n) is 14.4. The molecule has 3 aromatic rings. The second kappa shape index (κ2) is 7.25. The maximum atomic E-state index is 12.6. The molecule has 0 spiro atoms. The van der Waals surface area contributed by atoms with Crippen LogP contribution >= 0.6 is 11.3 Å². The second-order valence-corrected chi connectivity index (χ2v) is 7.11. The summed E-state index contributed by atoms with van der Waals surface area (Å²) in [6.07, 6.45) is 4.99. The van der Waals surface area contributed by atoms with Gasteiger partial charge in [0.05, 0.1) is 17.3 Å². The van der Waals surface area contributed by atoms with Crippen molar-refractivity contribution in [1.82, 2.24) is 20.3 Å². The highest BCUT2D eigenvalue weighted by Gasteiger charge is 2.23. The van der Waals surface area contributed by atoms with E-state index in [0.717, 1.165) is 28.6 Å². The summed E-state index contributed by atoms with van der Waals surface area (Å²) in [5.41, 5.74) is 2.19. The number of carbonyl (C=O) groups excluding carboxylic acids is 1. The van der Waals surface area contributed by atoms with Crippen molar-refractivity contribution < 1.29 is 9.53 Å². The van der Waals surface area contributed by atoms with Crippen molar-refractivity contribution in [3.8, 4) is 5.88 Å². The molecule has 4 rings (SSSR count). The summed E-state index contributed by atoms with van der Waals surface area (Å²) in [6.45, 7) is 0.510. The lowest BCUT2D eigenvalue weighted by Crippen LogP contribution is -2.39. The average molecular weight is 369 g/mol. The Balaban J connectivity index is 1.53. The van der Waals surface area contributed by atoms with E-state index < -0.39 is 0 Å². The Bertz CT molecular complexity index is 921. The molecule has 1 fully saturated rings. The zero-order valence-corrected chi connectivity index (χ0v) is 15.2. The van der Waals surface area contributed by atoms with Crippen LogP contribution in [0.15, 0.2) is 29.8 Å². The fourth-order valence-corrected chi connectivity index (χ4v) is 3.54. The van der Waals surface area contributed by atoms with Crippen LogP contribution in [0.1, 0.15) is 35.3 Å². The van der Waals surface area contributed by atoms with Crippen molar-refractivity contribution in [2.75, 3.05) is 12.4 Å². The van der Waals surface area contributed by atoms with Gasteiger partial charge in [0.15, 0.2) is 5.69 Å². The Labute approximate surface area is 154 Å². The minimum atomic E-state index is -0.126. The van der Waals surface area contributed by atoms with Crippen LogP contribution in [0.25, 0.3) is 10.2 Å². The third kappa shape index (κ3) is 3.45. The molecule has 8 heteroatoms. The highest BCUT2D eigenvalue weighted by Crippen LogP contribution is 2.25. The Morgan fingerprint density at radius 2 is 2.19 bits per heavy atom. The van der Waals surface area contributed by atoms with Crippen LogP contribution < -0.4 is 15.4 Å². The van der Waals surface area contributed by atoms with E-state index in [-0.39, 0.29) is 11.9 Å². The maximum Gasteiger partial charge on any atom is 0.271 e. The molecular weight excluding hydrogens is 350 g/mol. The number of anilines is 1. The Morgan fingerprint density at radius 1 is 1.31 bits per heavy atom. The van der Waals surface area contributed by atoms with Gasteiger partial charge in [0.1, 0.15) is 0 Å². The predicted octanol–water partition coefficient (Wildman–Crippen LogP) is 2.99. The number of carbonyl (C=O) groups is 1. The van der Waals surface area contributed by atoms with Crippen LogP contribution in [-0.2, 0) is 6.54 Å². The third-order valence-corrected chi connectivity index (χ3v) is 5.33. The molecule has 0 saturated heterocycles. The summed E-state index contributed by atoms with van der Waals surface area (Å²) in [5.74, 6) is 0.879. The number of nitrogens with zero attached hydrogens (tertiary/aromatic N) is 3. The van der Waals surface area contributed by atoms with E-state index in [2.05, 4.69) is 25.6 Å².